The lowest BCUT2D eigenvalue weighted by atomic mass is 9.49. The van der Waals surface area contributed by atoms with E-state index in [2.05, 4.69) is 10.2 Å². The number of carbonyl (C=O) groups excluding carboxylic acids is 2. The van der Waals surface area contributed by atoms with Gasteiger partial charge in [-0.25, -0.2) is 4.79 Å². The molecular formula is C20H27N3O4. The molecule has 7 nitrogen and oxygen atoms in total. The van der Waals surface area contributed by atoms with E-state index in [1.165, 1.54) is 19.3 Å². The zero-order chi connectivity index (χ0) is 18.6. The van der Waals surface area contributed by atoms with E-state index in [9.17, 15) is 9.59 Å². The first kappa shape index (κ1) is 17.2. The normalized spacial score (nSPS) is 37.0. The third-order valence-electron chi connectivity index (χ3n) is 7.18. The number of ether oxygens (including phenoxy) is 1. The number of aromatic nitrogens is 2. The summed E-state index contributed by atoms with van der Waals surface area (Å²) in [7, 11) is 0. The standard InChI is InChI=1S/C20H27N3O4/c1-12-21-22-17(27-12)11-26-18(24)16-3-2-4-23(16)19(25)20-8-13-5-14(9-20)7-15(6-13)10-20/h13-16H,2-11H2,1H3/t13?,14?,15?,16-,20?/m1/s1. The first-order chi connectivity index (χ1) is 13.0. The summed E-state index contributed by atoms with van der Waals surface area (Å²) in [6.45, 7) is 2.33. The quantitative estimate of drug-likeness (QED) is 0.754. The number of hydrogen-bond acceptors (Lipinski definition) is 6. The van der Waals surface area contributed by atoms with E-state index in [0.717, 1.165) is 25.7 Å². The van der Waals surface area contributed by atoms with Gasteiger partial charge in [0.25, 0.3) is 5.89 Å². The van der Waals surface area contributed by atoms with Crippen LogP contribution in [0.1, 0.15) is 63.1 Å². The van der Waals surface area contributed by atoms with Crippen molar-refractivity contribution in [2.75, 3.05) is 6.54 Å². The van der Waals surface area contributed by atoms with Crippen LogP contribution in [0.2, 0.25) is 0 Å². The van der Waals surface area contributed by atoms with Crippen molar-refractivity contribution in [1.82, 2.24) is 15.1 Å². The van der Waals surface area contributed by atoms with Crippen LogP contribution in [0.5, 0.6) is 0 Å². The number of esters is 1. The highest BCUT2D eigenvalue weighted by Crippen LogP contribution is 2.60. The number of amides is 1. The van der Waals surface area contributed by atoms with Gasteiger partial charge in [-0.1, -0.05) is 0 Å². The van der Waals surface area contributed by atoms with Gasteiger partial charge in [0.2, 0.25) is 11.8 Å². The minimum atomic E-state index is -0.463. The second-order valence-electron chi connectivity index (χ2n) is 9.18. The van der Waals surface area contributed by atoms with Crippen molar-refractivity contribution in [3.05, 3.63) is 11.8 Å². The van der Waals surface area contributed by atoms with E-state index in [1.807, 2.05) is 4.90 Å². The maximum atomic E-state index is 13.6. The number of aryl methyl sites for hydroxylation is 1. The van der Waals surface area contributed by atoms with Gasteiger partial charge in [0.05, 0.1) is 5.41 Å². The van der Waals surface area contributed by atoms with E-state index < -0.39 is 6.04 Å². The Hall–Kier alpha value is -1.92. The molecule has 0 aromatic carbocycles. The molecule has 7 heteroatoms. The predicted molar refractivity (Wildman–Crippen MR) is 94.2 cm³/mol. The summed E-state index contributed by atoms with van der Waals surface area (Å²) in [5.74, 6) is 2.76. The summed E-state index contributed by atoms with van der Waals surface area (Å²) in [5.41, 5.74) is -0.207. The molecule has 1 aromatic rings. The highest BCUT2D eigenvalue weighted by Gasteiger charge is 2.56. The lowest BCUT2D eigenvalue weighted by Gasteiger charge is -2.56. The summed E-state index contributed by atoms with van der Waals surface area (Å²) in [6.07, 6.45) is 8.54. The van der Waals surface area contributed by atoms with E-state index in [0.29, 0.717) is 36.6 Å². The Morgan fingerprint density at radius 2 is 1.81 bits per heavy atom. The van der Waals surface area contributed by atoms with Crippen molar-refractivity contribution in [2.24, 2.45) is 23.2 Å². The fourth-order valence-electron chi connectivity index (χ4n) is 6.56. The second kappa shape index (κ2) is 6.31. The van der Waals surface area contributed by atoms with Gasteiger partial charge in [0, 0.05) is 13.5 Å². The van der Waals surface area contributed by atoms with Crippen molar-refractivity contribution < 1.29 is 18.7 Å². The molecule has 5 fully saturated rings. The molecule has 146 valence electrons. The van der Waals surface area contributed by atoms with Crippen LogP contribution in [0.4, 0.5) is 0 Å². The molecule has 27 heavy (non-hydrogen) atoms. The van der Waals surface area contributed by atoms with Crippen molar-refractivity contribution in [3.8, 4) is 0 Å². The lowest BCUT2D eigenvalue weighted by molar-refractivity contribution is -0.166. The summed E-state index contributed by atoms with van der Waals surface area (Å²) in [5, 5.41) is 7.59. The monoisotopic (exact) mass is 373 g/mol. The fraction of sp³-hybridized carbons (Fsp3) is 0.800. The van der Waals surface area contributed by atoms with Crippen LogP contribution in [0.25, 0.3) is 0 Å². The third kappa shape index (κ3) is 2.95. The number of hydrogen-bond donors (Lipinski definition) is 0. The van der Waals surface area contributed by atoms with E-state index in [1.54, 1.807) is 6.92 Å². The van der Waals surface area contributed by atoms with Crippen LogP contribution in [0, 0.1) is 30.1 Å². The maximum absolute atomic E-state index is 13.6. The van der Waals surface area contributed by atoms with Gasteiger partial charge in [-0.05, 0) is 69.1 Å². The Labute approximate surface area is 158 Å². The van der Waals surface area contributed by atoms with Gasteiger partial charge in [-0.3, -0.25) is 4.79 Å². The fourth-order valence-corrected chi connectivity index (χ4v) is 6.56. The zero-order valence-electron chi connectivity index (χ0n) is 15.9. The smallest absolute Gasteiger partial charge is 0.329 e. The molecule has 1 atom stereocenters. The molecule has 5 aliphatic rings. The predicted octanol–water partition coefficient (Wildman–Crippen LogP) is 2.63. The molecule has 4 saturated carbocycles. The van der Waals surface area contributed by atoms with Crippen molar-refractivity contribution in [3.63, 3.8) is 0 Å². The molecule has 0 radical (unpaired) electrons. The average Bonchev–Trinajstić information content (AvgIpc) is 3.27. The molecule has 1 aromatic heterocycles. The molecule has 0 spiro atoms. The van der Waals surface area contributed by atoms with Crippen molar-refractivity contribution in [2.45, 2.75) is 70.9 Å². The van der Waals surface area contributed by atoms with Crippen LogP contribution in [-0.2, 0) is 20.9 Å². The Kier molecular flexibility index (Phi) is 4.02. The molecule has 6 rings (SSSR count). The van der Waals surface area contributed by atoms with Gasteiger partial charge in [0.1, 0.15) is 6.04 Å². The number of likely N-dealkylation sites (tertiary alicyclic amines) is 1. The van der Waals surface area contributed by atoms with Crippen LogP contribution < -0.4 is 0 Å². The Morgan fingerprint density at radius 1 is 1.15 bits per heavy atom. The topological polar surface area (TPSA) is 85.5 Å². The number of carbonyl (C=O) groups is 2. The minimum absolute atomic E-state index is 0.0322. The number of rotatable bonds is 4. The summed E-state index contributed by atoms with van der Waals surface area (Å²) >= 11 is 0. The van der Waals surface area contributed by atoms with Crippen molar-refractivity contribution in [1.29, 1.82) is 0 Å². The van der Waals surface area contributed by atoms with Crippen LogP contribution in [0.15, 0.2) is 4.42 Å². The average molecular weight is 373 g/mol. The lowest BCUT2D eigenvalue weighted by Crippen LogP contribution is -2.56. The van der Waals surface area contributed by atoms with E-state index in [4.69, 9.17) is 9.15 Å². The number of nitrogens with zero attached hydrogens (tertiary/aromatic N) is 3. The largest absolute Gasteiger partial charge is 0.454 e. The van der Waals surface area contributed by atoms with E-state index in [-0.39, 0.29) is 29.8 Å². The molecule has 1 aliphatic heterocycles. The summed E-state index contributed by atoms with van der Waals surface area (Å²) in [6, 6.07) is -0.463. The van der Waals surface area contributed by atoms with Gasteiger partial charge in [0.15, 0.2) is 6.61 Å². The molecule has 0 N–H and O–H groups in total. The zero-order valence-corrected chi connectivity index (χ0v) is 15.9. The van der Waals surface area contributed by atoms with Gasteiger partial charge < -0.3 is 14.1 Å². The maximum Gasteiger partial charge on any atom is 0.329 e. The molecule has 2 heterocycles. The molecule has 4 aliphatic carbocycles. The Balaban J connectivity index is 1.28. The molecule has 4 bridgehead atoms. The summed E-state index contributed by atoms with van der Waals surface area (Å²) in [4.78, 5) is 28.1. The van der Waals surface area contributed by atoms with Crippen molar-refractivity contribution >= 4 is 11.9 Å². The highest BCUT2D eigenvalue weighted by molar-refractivity contribution is 5.89. The second-order valence-corrected chi connectivity index (χ2v) is 9.18. The first-order valence-corrected chi connectivity index (χ1v) is 10.3. The first-order valence-electron chi connectivity index (χ1n) is 10.3. The Morgan fingerprint density at radius 3 is 2.41 bits per heavy atom. The Bertz CT molecular complexity index is 723. The molecule has 0 unspecified atom stereocenters. The van der Waals surface area contributed by atoms with Gasteiger partial charge in [-0.15, -0.1) is 10.2 Å². The molecular weight excluding hydrogens is 346 g/mol. The van der Waals surface area contributed by atoms with Gasteiger partial charge >= 0.3 is 5.97 Å². The highest BCUT2D eigenvalue weighted by atomic mass is 16.5. The van der Waals surface area contributed by atoms with Gasteiger partial charge in [-0.2, -0.15) is 0 Å². The van der Waals surface area contributed by atoms with Crippen LogP contribution >= 0.6 is 0 Å². The van der Waals surface area contributed by atoms with Crippen LogP contribution in [0.3, 0.4) is 0 Å². The third-order valence-corrected chi connectivity index (χ3v) is 7.18. The van der Waals surface area contributed by atoms with E-state index >= 15 is 0 Å². The molecule has 1 saturated heterocycles. The molecule has 1 amide bonds. The summed E-state index contributed by atoms with van der Waals surface area (Å²) < 4.78 is 10.7. The minimum Gasteiger partial charge on any atom is -0.454 e. The van der Waals surface area contributed by atoms with Crippen LogP contribution in [-0.4, -0.2) is 39.6 Å². The SMILES string of the molecule is Cc1nnc(COC(=O)[C@H]2CCCN2C(=O)C23CC4CC(CC(C4)C2)C3)o1.